The molecule has 0 heterocycles. The number of allylic oxidation sites excluding steroid dienone is 2. The van der Waals surface area contributed by atoms with Crippen LogP contribution >= 0.6 is 0 Å². The van der Waals surface area contributed by atoms with Crippen molar-refractivity contribution in [1.29, 1.82) is 0 Å². The molecule has 0 saturated carbocycles. The summed E-state index contributed by atoms with van der Waals surface area (Å²) in [5, 5.41) is 0. The number of hydrogen-bond donors (Lipinski definition) is 0. The SMILES string of the molecule is Cc1ccc(S(=O)(=O)C2=CCC(C=O)CC2)cc1. The number of aryl methyl sites for hydroxylation is 1. The molecule has 1 aromatic carbocycles. The summed E-state index contributed by atoms with van der Waals surface area (Å²) in [5.41, 5.74) is 1.03. The molecule has 96 valence electrons. The first-order valence-electron chi connectivity index (χ1n) is 6.00. The molecule has 0 aromatic heterocycles. The van der Waals surface area contributed by atoms with E-state index in [1.165, 1.54) is 0 Å². The zero-order valence-electron chi connectivity index (χ0n) is 10.3. The third-order valence-electron chi connectivity index (χ3n) is 3.28. The Balaban J connectivity index is 2.30. The zero-order chi connectivity index (χ0) is 13.2. The van der Waals surface area contributed by atoms with E-state index in [9.17, 15) is 13.2 Å². The number of hydrogen-bond acceptors (Lipinski definition) is 3. The second-order valence-electron chi connectivity index (χ2n) is 4.66. The topological polar surface area (TPSA) is 51.2 Å². The predicted octanol–water partition coefficient (Wildman–Crippen LogP) is 2.65. The van der Waals surface area contributed by atoms with Crippen molar-refractivity contribution in [3.8, 4) is 0 Å². The number of benzene rings is 1. The monoisotopic (exact) mass is 264 g/mol. The zero-order valence-corrected chi connectivity index (χ0v) is 11.1. The van der Waals surface area contributed by atoms with Gasteiger partial charge >= 0.3 is 0 Å². The molecule has 0 fully saturated rings. The smallest absolute Gasteiger partial charge is 0.202 e. The largest absolute Gasteiger partial charge is 0.303 e. The van der Waals surface area contributed by atoms with Crippen LogP contribution in [0.2, 0.25) is 0 Å². The fraction of sp³-hybridized carbons (Fsp3) is 0.357. The van der Waals surface area contributed by atoms with Crippen molar-refractivity contribution < 1.29 is 13.2 Å². The molecule has 0 amide bonds. The van der Waals surface area contributed by atoms with E-state index in [1.54, 1.807) is 30.3 Å². The van der Waals surface area contributed by atoms with Crippen LogP contribution in [0.5, 0.6) is 0 Å². The highest BCUT2D eigenvalue weighted by Crippen LogP contribution is 2.30. The minimum atomic E-state index is -3.37. The Bertz CT molecular complexity index is 568. The third-order valence-corrected chi connectivity index (χ3v) is 5.23. The highest BCUT2D eigenvalue weighted by Gasteiger charge is 2.24. The number of rotatable bonds is 3. The second kappa shape index (κ2) is 5.06. The van der Waals surface area contributed by atoms with Gasteiger partial charge in [0.25, 0.3) is 0 Å². The molecular weight excluding hydrogens is 248 g/mol. The van der Waals surface area contributed by atoms with Crippen LogP contribution in [-0.2, 0) is 14.6 Å². The normalized spacial score (nSPS) is 20.3. The lowest BCUT2D eigenvalue weighted by molar-refractivity contribution is -0.111. The summed E-state index contributed by atoms with van der Waals surface area (Å²) in [6.07, 6.45) is 4.22. The van der Waals surface area contributed by atoms with Gasteiger partial charge in [-0.2, -0.15) is 0 Å². The van der Waals surface area contributed by atoms with Gasteiger partial charge in [-0.1, -0.05) is 23.8 Å². The van der Waals surface area contributed by atoms with Crippen LogP contribution in [0.4, 0.5) is 0 Å². The summed E-state index contributed by atoms with van der Waals surface area (Å²) >= 11 is 0. The number of aldehydes is 1. The molecule has 1 aliphatic carbocycles. The summed E-state index contributed by atoms with van der Waals surface area (Å²) < 4.78 is 24.7. The van der Waals surface area contributed by atoms with Gasteiger partial charge in [-0.3, -0.25) is 0 Å². The van der Waals surface area contributed by atoms with E-state index in [-0.39, 0.29) is 5.92 Å². The molecule has 0 N–H and O–H groups in total. The summed E-state index contributed by atoms with van der Waals surface area (Å²) in [4.78, 5) is 11.4. The molecule has 1 atom stereocenters. The van der Waals surface area contributed by atoms with E-state index in [1.807, 2.05) is 6.92 Å². The van der Waals surface area contributed by atoms with Crippen LogP contribution in [-0.4, -0.2) is 14.7 Å². The van der Waals surface area contributed by atoms with Crippen LogP contribution in [0.15, 0.2) is 40.1 Å². The highest BCUT2D eigenvalue weighted by atomic mass is 32.2. The van der Waals surface area contributed by atoms with E-state index in [0.29, 0.717) is 29.1 Å². The van der Waals surface area contributed by atoms with Gasteiger partial charge in [-0.15, -0.1) is 0 Å². The standard InChI is InChI=1S/C14H16O3S/c1-11-2-6-13(7-3-11)18(16,17)14-8-4-12(10-15)5-9-14/h2-3,6-8,10,12H,4-5,9H2,1H3. The second-order valence-corrected chi connectivity index (χ2v) is 6.66. The van der Waals surface area contributed by atoms with Crippen molar-refractivity contribution in [2.45, 2.75) is 31.1 Å². The van der Waals surface area contributed by atoms with Gasteiger partial charge in [0, 0.05) is 10.8 Å². The summed E-state index contributed by atoms with van der Waals surface area (Å²) in [6, 6.07) is 6.86. The van der Waals surface area contributed by atoms with Gasteiger partial charge in [-0.25, -0.2) is 8.42 Å². The van der Waals surface area contributed by atoms with Gasteiger partial charge in [0.1, 0.15) is 6.29 Å². The molecule has 4 heteroatoms. The van der Waals surface area contributed by atoms with Crippen molar-refractivity contribution in [2.24, 2.45) is 5.92 Å². The molecule has 1 aromatic rings. The van der Waals surface area contributed by atoms with Gasteiger partial charge in [0.2, 0.25) is 9.84 Å². The lowest BCUT2D eigenvalue weighted by Gasteiger charge is -2.17. The summed E-state index contributed by atoms with van der Waals surface area (Å²) in [6.45, 7) is 1.92. The first kappa shape index (κ1) is 13.0. The molecule has 0 aliphatic heterocycles. The van der Waals surface area contributed by atoms with Gasteiger partial charge in [0.15, 0.2) is 0 Å². The maximum atomic E-state index is 12.3. The van der Waals surface area contributed by atoms with E-state index >= 15 is 0 Å². The van der Waals surface area contributed by atoms with E-state index in [0.717, 1.165) is 11.8 Å². The first-order valence-corrected chi connectivity index (χ1v) is 7.48. The van der Waals surface area contributed by atoms with Crippen molar-refractivity contribution in [1.82, 2.24) is 0 Å². The quantitative estimate of drug-likeness (QED) is 0.789. The van der Waals surface area contributed by atoms with Crippen LogP contribution in [0.25, 0.3) is 0 Å². The molecule has 0 saturated heterocycles. The maximum Gasteiger partial charge on any atom is 0.202 e. The van der Waals surface area contributed by atoms with Gasteiger partial charge < -0.3 is 4.79 Å². The number of carbonyl (C=O) groups is 1. The summed E-state index contributed by atoms with van der Waals surface area (Å²) in [5.74, 6) is -0.0260. The van der Waals surface area contributed by atoms with Crippen LogP contribution < -0.4 is 0 Å². The van der Waals surface area contributed by atoms with Crippen LogP contribution in [0.3, 0.4) is 0 Å². The molecule has 1 unspecified atom stereocenters. The minimum Gasteiger partial charge on any atom is -0.303 e. The Morgan fingerprint density at radius 3 is 2.39 bits per heavy atom. The minimum absolute atomic E-state index is 0.0260. The van der Waals surface area contributed by atoms with Crippen molar-refractivity contribution >= 4 is 16.1 Å². The molecule has 1 aliphatic rings. The Kier molecular flexibility index (Phi) is 3.66. The molecular formula is C14H16O3S. The lowest BCUT2D eigenvalue weighted by Crippen LogP contribution is -2.13. The van der Waals surface area contributed by atoms with Gasteiger partial charge in [-0.05, 0) is 38.3 Å². The fourth-order valence-electron chi connectivity index (χ4n) is 2.07. The Hall–Kier alpha value is -1.42. The highest BCUT2D eigenvalue weighted by molar-refractivity contribution is 7.95. The maximum absolute atomic E-state index is 12.3. The van der Waals surface area contributed by atoms with Crippen molar-refractivity contribution in [2.75, 3.05) is 0 Å². The number of carbonyl (C=O) groups excluding carboxylic acids is 1. The molecule has 0 bridgehead atoms. The third kappa shape index (κ3) is 2.53. The molecule has 18 heavy (non-hydrogen) atoms. The fourth-order valence-corrected chi connectivity index (χ4v) is 3.57. The Morgan fingerprint density at radius 2 is 1.89 bits per heavy atom. The average Bonchev–Trinajstić information content (AvgIpc) is 2.39. The van der Waals surface area contributed by atoms with Crippen LogP contribution in [0.1, 0.15) is 24.8 Å². The van der Waals surface area contributed by atoms with Crippen molar-refractivity contribution in [3.05, 3.63) is 40.8 Å². The first-order chi connectivity index (χ1) is 8.54. The van der Waals surface area contributed by atoms with E-state index < -0.39 is 9.84 Å². The number of sulfone groups is 1. The van der Waals surface area contributed by atoms with E-state index in [4.69, 9.17) is 0 Å². The lowest BCUT2D eigenvalue weighted by atomic mass is 9.96. The van der Waals surface area contributed by atoms with Crippen molar-refractivity contribution in [3.63, 3.8) is 0 Å². The van der Waals surface area contributed by atoms with Crippen LogP contribution in [0, 0.1) is 12.8 Å². The predicted molar refractivity (Wildman–Crippen MR) is 69.9 cm³/mol. The van der Waals surface area contributed by atoms with Gasteiger partial charge in [0.05, 0.1) is 4.90 Å². The average molecular weight is 264 g/mol. The molecule has 0 radical (unpaired) electrons. The Labute approximate surface area is 107 Å². The molecule has 3 nitrogen and oxygen atoms in total. The molecule has 2 rings (SSSR count). The summed E-state index contributed by atoms with van der Waals surface area (Å²) in [7, 11) is -3.37. The molecule has 0 spiro atoms. The Morgan fingerprint density at radius 1 is 1.22 bits per heavy atom. The van der Waals surface area contributed by atoms with E-state index in [2.05, 4.69) is 0 Å².